The van der Waals surface area contributed by atoms with E-state index >= 15 is 0 Å². The van der Waals surface area contributed by atoms with Gasteiger partial charge >= 0.3 is 6.09 Å². The van der Waals surface area contributed by atoms with Gasteiger partial charge in [-0.1, -0.05) is 60.7 Å². The molecule has 33 heavy (non-hydrogen) atoms. The molecule has 3 aromatic rings. The van der Waals surface area contributed by atoms with Crippen molar-refractivity contribution in [2.24, 2.45) is 0 Å². The fourth-order valence-corrected chi connectivity index (χ4v) is 3.68. The Hall–Kier alpha value is -3.54. The van der Waals surface area contributed by atoms with Gasteiger partial charge in [-0.3, -0.25) is 4.79 Å². The molecule has 0 bridgehead atoms. The van der Waals surface area contributed by atoms with Crippen molar-refractivity contribution in [1.82, 2.24) is 10.2 Å². The highest BCUT2D eigenvalue weighted by Crippen LogP contribution is 2.21. The van der Waals surface area contributed by atoms with E-state index < -0.39 is 17.7 Å². The molecule has 6 heteroatoms. The molecule has 0 saturated heterocycles. The molecule has 6 nitrogen and oxygen atoms in total. The summed E-state index contributed by atoms with van der Waals surface area (Å²) in [7, 11) is 3.33. The van der Waals surface area contributed by atoms with E-state index in [0.29, 0.717) is 18.7 Å². The van der Waals surface area contributed by atoms with Gasteiger partial charge in [0.25, 0.3) is 0 Å². The van der Waals surface area contributed by atoms with E-state index in [9.17, 15) is 9.59 Å². The minimum atomic E-state index is -0.777. The van der Waals surface area contributed by atoms with Crippen LogP contribution in [0, 0.1) is 0 Å². The number of para-hydroxylation sites is 1. The van der Waals surface area contributed by atoms with E-state index in [1.54, 1.807) is 39.8 Å². The predicted octanol–water partition coefficient (Wildman–Crippen LogP) is 4.94. The second-order valence-corrected chi connectivity index (χ2v) is 9.09. The molecule has 0 aliphatic carbocycles. The molecular weight excluding hydrogens is 416 g/mol. The summed E-state index contributed by atoms with van der Waals surface area (Å²) in [5, 5.41) is 4.99. The lowest BCUT2D eigenvalue weighted by molar-refractivity contribution is -0.132. The van der Waals surface area contributed by atoms with E-state index in [-0.39, 0.29) is 5.91 Å². The number of hydrogen-bond donors (Lipinski definition) is 1. The van der Waals surface area contributed by atoms with Crippen molar-refractivity contribution in [3.8, 4) is 5.75 Å². The van der Waals surface area contributed by atoms with Gasteiger partial charge in [-0.05, 0) is 43.2 Å². The molecule has 0 unspecified atom stereocenters. The average molecular weight is 449 g/mol. The number of nitrogens with zero attached hydrogens (tertiary/aromatic N) is 1. The molecule has 0 radical (unpaired) electrons. The number of nitrogens with one attached hydrogen (secondary N) is 1. The molecule has 0 fully saturated rings. The Morgan fingerprint density at radius 2 is 1.64 bits per heavy atom. The molecular formula is C27H32N2O4. The van der Waals surface area contributed by atoms with Crippen LogP contribution in [-0.2, 0) is 22.5 Å². The van der Waals surface area contributed by atoms with Gasteiger partial charge in [-0.2, -0.15) is 0 Å². The largest absolute Gasteiger partial charge is 0.496 e. The van der Waals surface area contributed by atoms with Crippen LogP contribution < -0.4 is 10.1 Å². The summed E-state index contributed by atoms with van der Waals surface area (Å²) in [6.07, 6.45) is -0.272. The Bertz CT molecular complexity index is 1120. The number of fused-ring (bicyclic) bond motifs is 1. The third-order valence-electron chi connectivity index (χ3n) is 5.22. The molecule has 1 N–H and O–H groups in total. The lowest BCUT2D eigenvalue weighted by Gasteiger charge is -2.27. The third kappa shape index (κ3) is 6.72. The monoisotopic (exact) mass is 448 g/mol. The van der Waals surface area contributed by atoms with E-state index in [1.807, 2.05) is 66.7 Å². The average Bonchev–Trinajstić information content (AvgIpc) is 2.77. The lowest BCUT2D eigenvalue weighted by Crippen LogP contribution is -2.49. The quantitative estimate of drug-likeness (QED) is 0.556. The lowest BCUT2D eigenvalue weighted by atomic mass is 10.0. The maximum atomic E-state index is 13.4. The Balaban J connectivity index is 1.82. The van der Waals surface area contributed by atoms with Crippen LogP contribution in [0.5, 0.6) is 5.75 Å². The van der Waals surface area contributed by atoms with Crippen molar-refractivity contribution < 1.29 is 19.1 Å². The van der Waals surface area contributed by atoms with Crippen LogP contribution in [0.4, 0.5) is 4.79 Å². The molecule has 3 rings (SSSR count). The van der Waals surface area contributed by atoms with Crippen LogP contribution in [0.2, 0.25) is 0 Å². The van der Waals surface area contributed by atoms with E-state index in [4.69, 9.17) is 9.47 Å². The molecule has 3 aromatic carbocycles. The first-order valence-corrected chi connectivity index (χ1v) is 11.0. The zero-order valence-electron chi connectivity index (χ0n) is 19.9. The summed E-state index contributed by atoms with van der Waals surface area (Å²) in [5.74, 6) is 0.503. The van der Waals surface area contributed by atoms with Gasteiger partial charge in [-0.15, -0.1) is 0 Å². The van der Waals surface area contributed by atoms with Gasteiger partial charge in [-0.25, -0.2) is 4.79 Å². The first kappa shape index (κ1) is 24.1. The van der Waals surface area contributed by atoms with Gasteiger partial charge in [0, 0.05) is 25.6 Å². The van der Waals surface area contributed by atoms with Crippen molar-refractivity contribution in [2.75, 3.05) is 14.2 Å². The Kier molecular flexibility index (Phi) is 7.59. The summed E-state index contributed by atoms with van der Waals surface area (Å²) < 4.78 is 10.8. The number of likely N-dealkylation sites (N-methyl/N-ethyl adjacent to an activating group) is 1. The van der Waals surface area contributed by atoms with Crippen LogP contribution in [0.25, 0.3) is 10.8 Å². The van der Waals surface area contributed by atoms with Gasteiger partial charge < -0.3 is 19.7 Å². The molecule has 1 atom stereocenters. The van der Waals surface area contributed by atoms with E-state index in [1.165, 1.54) is 0 Å². The second-order valence-electron chi connectivity index (χ2n) is 9.09. The number of alkyl carbamates (subject to hydrolysis) is 1. The van der Waals surface area contributed by atoms with Gasteiger partial charge in [0.2, 0.25) is 5.91 Å². The van der Waals surface area contributed by atoms with Crippen molar-refractivity contribution in [3.05, 3.63) is 77.9 Å². The van der Waals surface area contributed by atoms with Crippen LogP contribution in [-0.4, -0.2) is 42.7 Å². The highest BCUT2D eigenvalue weighted by atomic mass is 16.6. The number of carbonyl (C=O) groups is 2. The van der Waals surface area contributed by atoms with Crippen molar-refractivity contribution in [2.45, 2.75) is 45.4 Å². The molecule has 0 heterocycles. The van der Waals surface area contributed by atoms with Crippen LogP contribution in [0.15, 0.2) is 66.7 Å². The maximum absolute atomic E-state index is 13.4. The summed E-state index contributed by atoms with van der Waals surface area (Å²) in [6, 6.07) is 20.9. The number of amides is 2. The molecule has 0 aliphatic heterocycles. The first-order chi connectivity index (χ1) is 15.7. The Labute approximate surface area is 195 Å². The summed E-state index contributed by atoms with van der Waals surface area (Å²) in [4.78, 5) is 27.6. The first-order valence-electron chi connectivity index (χ1n) is 11.0. The molecule has 0 aromatic heterocycles. The van der Waals surface area contributed by atoms with Gasteiger partial charge in [0.05, 0.1) is 7.11 Å². The van der Waals surface area contributed by atoms with Crippen LogP contribution in [0.1, 0.15) is 31.9 Å². The zero-order valence-corrected chi connectivity index (χ0v) is 19.9. The summed E-state index contributed by atoms with van der Waals surface area (Å²) in [5.41, 5.74) is 1.18. The predicted molar refractivity (Wildman–Crippen MR) is 130 cm³/mol. The van der Waals surface area contributed by atoms with E-state index in [2.05, 4.69) is 5.32 Å². The minimum absolute atomic E-state index is 0.208. The summed E-state index contributed by atoms with van der Waals surface area (Å²) in [6.45, 7) is 5.73. The number of hydrogen-bond acceptors (Lipinski definition) is 4. The number of benzene rings is 3. The fraction of sp³-hybridized carbons (Fsp3) is 0.333. The second kappa shape index (κ2) is 10.4. The zero-order chi connectivity index (χ0) is 24.0. The van der Waals surface area contributed by atoms with E-state index in [0.717, 1.165) is 21.9 Å². The number of methoxy groups -OCH3 is 1. The Morgan fingerprint density at radius 3 is 2.33 bits per heavy atom. The third-order valence-corrected chi connectivity index (χ3v) is 5.22. The molecule has 0 aliphatic rings. The molecule has 174 valence electrons. The smallest absolute Gasteiger partial charge is 0.408 e. The van der Waals surface area contributed by atoms with Crippen LogP contribution in [0.3, 0.4) is 0 Å². The fourth-order valence-electron chi connectivity index (χ4n) is 3.68. The SMILES string of the molecule is COc1ccccc1CN(C)C(=O)[C@H](Cc1ccc2ccccc2c1)NC(=O)OC(C)(C)C. The normalized spacial score (nSPS) is 12.2. The van der Waals surface area contributed by atoms with Crippen molar-refractivity contribution in [3.63, 3.8) is 0 Å². The van der Waals surface area contributed by atoms with Crippen molar-refractivity contribution >= 4 is 22.8 Å². The number of carbonyl (C=O) groups excluding carboxylic acids is 2. The topological polar surface area (TPSA) is 67.9 Å². The molecule has 0 saturated carbocycles. The minimum Gasteiger partial charge on any atom is -0.496 e. The maximum Gasteiger partial charge on any atom is 0.408 e. The standard InChI is InChI=1S/C27H32N2O4/c1-27(2,3)33-26(31)28-23(17-19-14-15-20-10-6-7-11-21(20)16-19)25(30)29(4)18-22-12-8-9-13-24(22)32-5/h6-16,23H,17-18H2,1-5H3,(H,28,31)/t23-/m0/s1. The molecule has 0 spiro atoms. The highest BCUT2D eigenvalue weighted by Gasteiger charge is 2.27. The Morgan fingerprint density at radius 1 is 0.970 bits per heavy atom. The van der Waals surface area contributed by atoms with Crippen molar-refractivity contribution in [1.29, 1.82) is 0 Å². The number of rotatable bonds is 7. The van der Waals surface area contributed by atoms with Gasteiger partial charge in [0.1, 0.15) is 17.4 Å². The van der Waals surface area contributed by atoms with Gasteiger partial charge in [0.15, 0.2) is 0 Å². The molecule has 2 amide bonds. The number of ether oxygens (including phenoxy) is 2. The van der Waals surface area contributed by atoms with Crippen LogP contribution >= 0.6 is 0 Å². The summed E-state index contributed by atoms with van der Waals surface area (Å²) >= 11 is 0. The highest BCUT2D eigenvalue weighted by molar-refractivity contribution is 5.87.